The van der Waals surface area contributed by atoms with E-state index in [0.29, 0.717) is 11.6 Å². The van der Waals surface area contributed by atoms with Crippen LogP contribution in [-0.2, 0) is 13.5 Å². The molecule has 100 valence electrons. The average molecular weight is 259 g/mol. The predicted octanol–water partition coefficient (Wildman–Crippen LogP) is 1.57. The number of imidazole rings is 1. The molecule has 0 aliphatic heterocycles. The first-order valence-electron chi connectivity index (χ1n) is 6.57. The maximum atomic E-state index is 11.0. The molecule has 0 unspecified atom stereocenters. The van der Waals surface area contributed by atoms with Crippen molar-refractivity contribution in [3.63, 3.8) is 0 Å². The van der Waals surface area contributed by atoms with Crippen molar-refractivity contribution in [2.45, 2.75) is 25.3 Å². The zero-order valence-electron chi connectivity index (χ0n) is 10.9. The van der Waals surface area contributed by atoms with Crippen molar-refractivity contribution in [1.82, 2.24) is 14.9 Å². The van der Waals surface area contributed by atoms with Crippen LogP contribution in [0.4, 0.5) is 0 Å². The molecule has 2 aromatic rings. The molecule has 0 spiro atoms. The third kappa shape index (κ3) is 2.46. The number of fused-ring (bicyclic) bond motifs is 1. The summed E-state index contributed by atoms with van der Waals surface area (Å²) in [5.41, 5.74) is 2.04. The summed E-state index contributed by atoms with van der Waals surface area (Å²) < 4.78 is 1.98. The molecule has 1 saturated carbocycles. The van der Waals surface area contributed by atoms with Crippen LogP contribution in [0.2, 0.25) is 0 Å². The number of aromatic nitrogens is 2. The smallest absolute Gasteiger partial charge is 0.335 e. The number of rotatable bonds is 5. The van der Waals surface area contributed by atoms with Gasteiger partial charge in [-0.05, 0) is 31.0 Å². The van der Waals surface area contributed by atoms with E-state index >= 15 is 0 Å². The fourth-order valence-corrected chi connectivity index (χ4v) is 2.27. The number of hydrogen-bond acceptors (Lipinski definition) is 3. The maximum Gasteiger partial charge on any atom is 0.335 e. The summed E-state index contributed by atoms with van der Waals surface area (Å²) in [4.78, 5) is 15.5. The number of carboxylic acids is 1. The molecule has 1 aliphatic carbocycles. The Kier molecular flexibility index (Phi) is 2.98. The summed E-state index contributed by atoms with van der Waals surface area (Å²) in [6.45, 7) is 0.924. The normalized spacial score (nSPS) is 15.0. The lowest BCUT2D eigenvalue weighted by Crippen LogP contribution is -2.20. The standard InChI is InChI=1S/C14H17N3O2/c1-17-12-8-9(14(18)19)2-5-11(12)16-13(17)6-7-15-10-3-4-10/h2,5,8,10,15H,3-4,6-7H2,1H3,(H,18,19). The van der Waals surface area contributed by atoms with Crippen LogP contribution < -0.4 is 5.32 Å². The highest BCUT2D eigenvalue weighted by Gasteiger charge is 2.20. The van der Waals surface area contributed by atoms with E-state index in [-0.39, 0.29) is 0 Å². The van der Waals surface area contributed by atoms with Crippen molar-refractivity contribution in [2.75, 3.05) is 6.54 Å². The summed E-state index contributed by atoms with van der Waals surface area (Å²) in [6.07, 6.45) is 3.43. The Morgan fingerprint density at radius 3 is 3.00 bits per heavy atom. The largest absolute Gasteiger partial charge is 0.478 e. The van der Waals surface area contributed by atoms with Crippen LogP contribution >= 0.6 is 0 Å². The molecule has 0 saturated heterocycles. The number of carboxylic acid groups (broad SMARTS) is 1. The topological polar surface area (TPSA) is 67.2 Å². The third-order valence-electron chi connectivity index (χ3n) is 3.58. The first-order valence-corrected chi connectivity index (χ1v) is 6.57. The van der Waals surface area contributed by atoms with E-state index < -0.39 is 5.97 Å². The number of hydrogen-bond donors (Lipinski definition) is 2. The van der Waals surface area contributed by atoms with E-state index in [9.17, 15) is 4.79 Å². The van der Waals surface area contributed by atoms with Crippen LogP contribution in [0.25, 0.3) is 11.0 Å². The highest BCUT2D eigenvalue weighted by atomic mass is 16.4. The number of aromatic carboxylic acids is 1. The third-order valence-corrected chi connectivity index (χ3v) is 3.58. The lowest BCUT2D eigenvalue weighted by molar-refractivity contribution is 0.0697. The summed E-state index contributed by atoms with van der Waals surface area (Å²) in [7, 11) is 1.94. The molecule has 1 heterocycles. The van der Waals surface area contributed by atoms with Crippen LogP contribution in [0, 0.1) is 0 Å². The summed E-state index contributed by atoms with van der Waals surface area (Å²) in [5, 5.41) is 12.5. The number of nitrogens with one attached hydrogen (secondary N) is 1. The van der Waals surface area contributed by atoms with Gasteiger partial charge < -0.3 is 15.0 Å². The molecule has 1 aliphatic rings. The summed E-state index contributed by atoms with van der Waals surface area (Å²) in [5.74, 6) is 0.0886. The van der Waals surface area contributed by atoms with E-state index in [2.05, 4.69) is 10.3 Å². The van der Waals surface area contributed by atoms with Crippen LogP contribution in [-0.4, -0.2) is 33.2 Å². The number of carbonyl (C=O) groups is 1. The van der Waals surface area contributed by atoms with Gasteiger partial charge in [-0.3, -0.25) is 0 Å². The van der Waals surface area contributed by atoms with E-state index in [1.165, 1.54) is 12.8 Å². The molecule has 5 heteroatoms. The van der Waals surface area contributed by atoms with E-state index in [1.54, 1.807) is 18.2 Å². The molecule has 19 heavy (non-hydrogen) atoms. The van der Waals surface area contributed by atoms with E-state index in [0.717, 1.165) is 29.8 Å². The molecule has 0 amide bonds. The highest BCUT2D eigenvalue weighted by molar-refractivity contribution is 5.92. The molecule has 1 aromatic heterocycles. The quantitative estimate of drug-likeness (QED) is 0.855. The number of aryl methyl sites for hydroxylation is 1. The predicted molar refractivity (Wildman–Crippen MR) is 72.4 cm³/mol. The molecule has 5 nitrogen and oxygen atoms in total. The van der Waals surface area contributed by atoms with E-state index in [1.807, 2.05) is 11.6 Å². The Morgan fingerprint density at radius 1 is 1.53 bits per heavy atom. The zero-order valence-corrected chi connectivity index (χ0v) is 10.9. The van der Waals surface area contributed by atoms with Gasteiger partial charge in [0.15, 0.2) is 0 Å². The lowest BCUT2D eigenvalue weighted by atomic mass is 10.2. The van der Waals surface area contributed by atoms with Gasteiger partial charge in [0.1, 0.15) is 5.82 Å². The molecule has 3 rings (SSSR count). The minimum atomic E-state index is -0.903. The Balaban J connectivity index is 1.84. The lowest BCUT2D eigenvalue weighted by Gasteiger charge is -2.03. The van der Waals surface area contributed by atoms with Crippen molar-refractivity contribution in [2.24, 2.45) is 7.05 Å². The van der Waals surface area contributed by atoms with Crippen LogP contribution in [0.15, 0.2) is 18.2 Å². The van der Waals surface area contributed by atoms with Gasteiger partial charge in [-0.25, -0.2) is 9.78 Å². The fraction of sp³-hybridized carbons (Fsp3) is 0.429. The first-order chi connectivity index (χ1) is 9.15. The van der Waals surface area contributed by atoms with Crippen LogP contribution in [0.1, 0.15) is 29.0 Å². The van der Waals surface area contributed by atoms with Gasteiger partial charge in [-0.15, -0.1) is 0 Å². The van der Waals surface area contributed by atoms with Crippen molar-refractivity contribution < 1.29 is 9.90 Å². The van der Waals surface area contributed by atoms with E-state index in [4.69, 9.17) is 5.11 Å². The van der Waals surface area contributed by atoms with Crippen molar-refractivity contribution in [3.05, 3.63) is 29.6 Å². The Morgan fingerprint density at radius 2 is 2.32 bits per heavy atom. The first kappa shape index (κ1) is 12.2. The average Bonchev–Trinajstić information content (AvgIpc) is 3.15. The molecular formula is C14H17N3O2. The van der Waals surface area contributed by atoms with Crippen molar-refractivity contribution >= 4 is 17.0 Å². The fourth-order valence-electron chi connectivity index (χ4n) is 2.27. The minimum Gasteiger partial charge on any atom is -0.478 e. The Hall–Kier alpha value is -1.88. The SMILES string of the molecule is Cn1c(CCNC2CC2)nc2ccc(C(=O)O)cc21. The van der Waals surface area contributed by atoms with Gasteiger partial charge in [0.05, 0.1) is 16.6 Å². The Bertz CT molecular complexity index is 629. The highest BCUT2D eigenvalue weighted by Crippen LogP contribution is 2.19. The summed E-state index contributed by atoms with van der Waals surface area (Å²) in [6, 6.07) is 5.76. The monoisotopic (exact) mass is 259 g/mol. The molecule has 2 N–H and O–H groups in total. The van der Waals surface area contributed by atoms with Crippen molar-refractivity contribution in [3.8, 4) is 0 Å². The van der Waals surface area contributed by atoms with Crippen LogP contribution in [0.3, 0.4) is 0 Å². The molecular weight excluding hydrogens is 242 g/mol. The van der Waals surface area contributed by atoms with Gasteiger partial charge in [0, 0.05) is 26.1 Å². The Labute approximate surface area is 111 Å². The van der Waals surface area contributed by atoms with Crippen molar-refractivity contribution in [1.29, 1.82) is 0 Å². The second-order valence-electron chi connectivity index (χ2n) is 5.07. The van der Waals surface area contributed by atoms with Gasteiger partial charge in [-0.1, -0.05) is 0 Å². The van der Waals surface area contributed by atoms with Crippen LogP contribution in [0.5, 0.6) is 0 Å². The molecule has 0 bridgehead atoms. The van der Waals surface area contributed by atoms with Gasteiger partial charge in [0.2, 0.25) is 0 Å². The zero-order chi connectivity index (χ0) is 13.4. The second-order valence-corrected chi connectivity index (χ2v) is 5.07. The van der Waals surface area contributed by atoms with Gasteiger partial charge in [0.25, 0.3) is 0 Å². The van der Waals surface area contributed by atoms with Gasteiger partial charge in [-0.2, -0.15) is 0 Å². The van der Waals surface area contributed by atoms with Gasteiger partial charge >= 0.3 is 5.97 Å². The maximum absolute atomic E-state index is 11.0. The second kappa shape index (κ2) is 4.66. The molecule has 0 atom stereocenters. The molecule has 1 aromatic carbocycles. The number of benzene rings is 1. The minimum absolute atomic E-state index is 0.304. The molecule has 1 fully saturated rings. The number of nitrogens with zero attached hydrogens (tertiary/aromatic N) is 2. The molecule has 0 radical (unpaired) electrons. The summed E-state index contributed by atoms with van der Waals surface area (Å²) >= 11 is 0.